The van der Waals surface area contributed by atoms with Crippen LogP contribution in [0.15, 0.2) is 12.1 Å². The van der Waals surface area contributed by atoms with Crippen LogP contribution >= 0.6 is 0 Å². The summed E-state index contributed by atoms with van der Waals surface area (Å²) < 4.78 is 23.2. The summed E-state index contributed by atoms with van der Waals surface area (Å²) in [5, 5.41) is 3.44. The minimum atomic E-state index is -2.85. The third-order valence-electron chi connectivity index (χ3n) is 4.16. The van der Waals surface area contributed by atoms with Crippen molar-refractivity contribution in [3.05, 3.63) is 34.4 Å². The highest BCUT2D eigenvalue weighted by atomic mass is 32.2. The van der Waals surface area contributed by atoms with Gasteiger partial charge in [0.1, 0.15) is 0 Å². The summed E-state index contributed by atoms with van der Waals surface area (Å²) in [6, 6.07) is 4.39. The lowest BCUT2D eigenvalue weighted by Gasteiger charge is -2.24. The number of benzene rings is 1. The molecule has 0 aromatic heterocycles. The second kappa shape index (κ2) is 4.91. The van der Waals surface area contributed by atoms with Crippen molar-refractivity contribution in [1.82, 2.24) is 5.32 Å². The van der Waals surface area contributed by atoms with E-state index in [1.807, 2.05) is 6.92 Å². The number of hydrogen-bond acceptors (Lipinski definition) is 3. The predicted octanol–water partition coefficient (Wildman–Crippen LogP) is 2.28. The quantitative estimate of drug-likeness (QED) is 0.924. The van der Waals surface area contributed by atoms with Crippen LogP contribution in [0.25, 0.3) is 0 Å². The zero-order valence-corrected chi connectivity index (χ0v) is 13.0. The van der Waals surface area contributed by atoms with E-state index in [1.54, 1.807) is 0 Å². The molecule has 0 bridgehead atoms. The lowest BCUT2D eigenvalue weighted by Crippen LogP contribution is -2.42. The van der Waals surface area contributed by atoms with Crippen molar-refractivity contribution in [1.29, 1.82) is 0 Å². The van der Waals surface area contributed by atoms with Gasteiger partial charge in [0.25, 0.3) is 0 Å². The molecule has 1 heterocycles. The van der Waals surface area contributed by atoms with E-state index in [0.717, 1.165) is 6.54 Å². The molecule has 1 saturated heterocycles. The van der Waals surface area contributed by atoms with Gasteiger partial charge in [0.15, 0.2) is 9.84 Å². The van der Waals surface area contributed by atoms with Gasteiger partial charge in [0.05, 0.1) is 11.5 Å². The Balaban J connectivity index is 2.10. The van der Waals surface area contributed by atoms with E-state index in [1.165, 1.54) is 22.3 Å². The van der Waals surface area contributed by atoms with Gasteiger partial charge in [0.2, 0.25) is 0 Å². The Labute approximate surface area is 116 Å². The van der Waals surface area contributed by atoms with E-state index in [4.69, 9.17) is 0 Å². The maximum atomic E-state index is 11.6. The van der Waals surface area contributed by atoms with Gasteiger partial charge in [-0.1, -0.05) is 12.1 Å². The van der Waals surface area contributed by atoms with Crippen molar-refractivity contribution in [3.8, 4) is 0 Å². The van der Waals surface area contributed by atoms with Gasteiger partial charge in [-0.3, -0.25) is 0 Å². The largest absolute Gasteiger partial charge is 0.306 e. The molecule has 1 fully saturated rings. The van der Waals surface area contributed by atoms with Crippen LogP contribution in [0.3, 0.4) is 0 Å². The van der Waals surface area contributed by atoms with Crippen molar-refractivity contribution in [3.63, 3.8) is 0 Å². The fraction of sp³-hybridized carbons (Fsp3) is 0.600. The van der Waals surface area contributed by atoms with Crippen LogP contribution in [0.5, 0.6) is 0 Å². The first-order chi connectivity index (χ1) is 8.71. The molecule has 0 amide bonds. The molecule has 19 heavy (non-hydrogen) atoms. The first kappa shape index (κ1) is 14.5. The van der Waals surface area contributed by atoms with E-state index in [-0.39, 0.29) is 11.3 Å². The van der Waals surface area contributed by atoms with Crippen LogP contribution in [0.2, 0.25) is 0 Å². The maximum absolute atomic E-state index is 11.6. The first-order valence-electron chi connectivity index (χ1n) is 6.73. The van der Waals surface area contributed by atoms with Crippen LogP contribution in [0, 0.1) is 20.8 Å². The van der Waals surface area contributed by atoms with Crippen LogP contribution in [-0.2, 0) is 16.4 Å². The molecule has 0 spiro atoms. The number of rotatable bonds is 3. The first-order valence-corrected chi connectivity index (χ1v) is 8.55. The normalized spacial score (nSPS) is 25.7. The summed E-state index contributed by atoms with van der Waals surface area (Å²) in [5.41, 5.74) is 4.83. The lowest BCUT2D eigenvalue weighted by molar-refractivity contribution is 0.395. The highest BCUT2D eigenvalue weighted by Crippen LogP contribution is 2.24. The zero-order chi connectivity index (χ0) is 14.3. The minimum absolute atomic E-state index is 0.254. The van der Waals surface area contributed by atoms with Gasteiger partial charge in [-0.15, -0.1) is 0 Å². The molecule has 1 aromatic rings. The summed E-state index contributed by atoms with van der Waals surface area (Å²) in [6.07, 6.45) is 0.708. The van der Waals surface area contributed by atoms with E-state index in [0.29, 0.717) is 12.2 Å². The Morgan fingerprint density at radius 3 is 2.37 bits per heavy atom. The summed E-state index contributed by atoms with van der Waals surface area (Å²) in [5.74, 6) is 0.562. The number of aryl methyl sites for hydroxylation is 3. The van der Waals surface area contributed by atoms with Crippen molar-refractivity contribution in [2.24, 2.45) is 0 Å². The topological polar surface area (TPSA) is 46.2 Å². The highest BCUT2D eigenvalue weighted by molar-refractivity contribution is 7.91. The molecule has 0 saturated carbocycles. The molecular formula is C15H23NO2S. The van der Waals surface area contributed by atoms with E-state index >= 15 is 0 Å². The molecule has 1 N–H and O–H groups in total. The Morgan fingerprint density at radius 2 is 1.79 bits per heavy atom. The molecule has 1 aliphatic rings. The molecule has 2 rings (SSSR count). The average molecular weight is 281 g/mol. The molecular weight excluding hydrogens is 258 g/mol. The summed E-state index contributed by atoms with van der Waals surface area (Å²) in [7, 11) is -2.85. The van der Waals surface area contributed by atoms with E-state index in [9.17, 15) is 8.42 Å². The number of hydrogen-bond donors (Lipinski definition) is 1. The number of sulfone groups is 1. The van der Waals surface area contributed by atoms with Crippen LogP contribution in [0.1, 0.15) is 35.6 Å². The second-order valence-electron chi connectivity index (χ2n) is 6.12. The molecule has 1 aromatic carbocycles. The number of nitrogens with one attached hydrogen (secondary N) is 1. The monoisotopic (exact) mass is 281 g/mol. The standard InChI is InChI=1S/C15H23NO2S/c1-11-7-13(3)14(8-12(11)2)9-16-15(4)5-6-19(17,18)10-15/h7-8,16H,5-6,9-10H2,1-4H3. The fourth-order valence-electron chi connectivity index (χ4n) is 2.67. The Bertz CT molecular complexity index is 592. The third kappa shape index (κ3) is 3.37. The van der Waals surface area contributed by atoms with E-state index < -0.39 is 9.84 Å². The van der Waals surface area contributed by atoms with Crippen LogP contribution < -0.4 is 5.32 Å². The van der Waals surface area contributed by atoms with Crippen LogP contribution in [-0.4, -0.2) is 25.5 Å². The Morgan fingerprint density at radius 1 is 1.16 bits per heavy atom. The molecule has 1 atom stereocenters. The average Bonchev–Trinajstić information content (AvgIpc) is 2.57. The molecule has 0 aliphatic carbocycles. The molecule has 1 aliphatic heterocycles. The predicted molar refractivity (Wildman–Crippen MR) is 79.2 cm³/mol. The maximum Gasteiger partial charge on any atom is 0.152 e. The van der Waals surface area contributed by atoms with Crippen molar-refractivity contribution < 1.29 is 8.42 Å². The van der Waals surface area contributed by atoms with E-state index in [2.05, 4.69) is 38.2 Å². The fourth-order valence-corrected chi connectivity index (χ4v) is 4.79. The molecule has 4 heteroatoms. The zero-order valence-electron chi connectivity index (χ0n) is 12.2. The van der Waals surface area contributed by atoms with Crippen LogP contribution in [0.4, 0.5) is 0 Å². The summed E-state index contributed by atoms with van der Waals surface area (Å²) in [4.78, 5) is 0. The van der Waals surface area contributed by atoms with Crippen molar-refractivity contribution in [2.45, 2.75) is 46.2 Å². The van der Waals surface area contributed by atoms with Gasteiger partial charge in [-0.2, -0.15) is 0 Å². The van der Waals surface area contributed by atoms with Gasteiger partial charge >= 0.3 is 0 Å². The van der Waals surface area contributed by atoms with Gasteiger partial charge in [-0.25, -0.2) is 8.42 Å². The summed E-state index contributed by atoms with van der Waals surface area (Å²) >= 11 is 0. The Kier molecular flexibility index (Phi) is 3.76. The molecule has 3 nitrogen and oxygen atoms in total. The van der Waals surface area contributed by atoms with Crippen molar-refractivity contribution in [2.75, 3.05) is 11.5 Å². The molecule has 0 radical (unpaired) electrons. The molecule has 1 unspecified atom stereocenters. The SMILES string of the molecule is Cc1cc(C)c(CNC2(C)CCS(=O)(=O)C2)cc1C. The second-order valence-corrected chi connectivity index (χ2v) is 8.30. The van der Waals surface area contributed by atoms with Crippen molar-refractivity contribution >= 4 is 9.84 Å². The lowest BCUT2D eigenvalue weighted by atomic mass is 9.98. The Hall–Kier alpha value is -0.870. The van der Waals surface area contributed by atoms with Gasteiger partial charge in [-0.05, 0) is 56.4 Å². The summed E-state index contributed by atoms with van der Waals surface area (Å²) in [6.45, 7) is 9.08. The minimum Gasteiger partial charge on any atom is -0.306 e. The molecule has 106 valence electrons. The van der Waals surface area contributed by atoms with Gasteiger partial charge in [0, 0.05) is 12.1 Å². The smallest absolute Gasteiger partial charge is 0.152 e. The highest BCUT2D eigenvalue weighted by Gasteiger charge is 2.37. The third-order valence-corrected chi connectivity index (χ3v) is 6.06. The van der Waals surface area contributed by atoms with Gasteiger partial charge < -0.3 is 5.32 Å².